The summed E-state index contributed by atoms with van der Waals surface area (Å²) in [7, 11) is 1.56. The highest BCUT2D eigenvalue weighted by atomic mass is 16.5. The van der Waals surface area contributed by atoms with Crippen LogP contribution < -0.4 is 10.5 Å². The van der Waals surface area contributed by atoms with Crippen molar-refractivity contribution in [1.82, 2.24) is 4.98 Å². The van der Waals surface area contributed by atoms with E-state index >= 15 is 0 Å². The summed E-state index contributed by atoms with van der Waals surface area (Å²) in [6, 6.07) is 1.91. The van der Waals surface area contributed by atoms with Crippen molar-refractivity contribution < 1.29 is 4.74 Å². The Morgan fingerprint density at radius 2 is 2.00 bits per heavy atom. The van der Waals surface area contributed by atoms with Crippen LogP contribution in [-0.4, -0.2) is 12.1 Å². The molecule has 0 amide bonds. The molecule has 0 aliphatic heterocycles. The van der Waals surface area contributed by atoms with Gasteiger partial charge in [-0.15, -0.1) is 0 Å². The van der Waals surface area contributed by atoms with E-state index in [1.54, 1.807) is 13.3 Å². The average molecular weight is 180 g/mol. The third-order valence-electron chi connectivity index (χ3n) is 1.94. The molecular weight excluding hydrogens is 164 g/mol. The average Bonchev–Trinajstić information content (AvgIpc) is 2.02. The van der Waals surface area contributed by atoms with E-state index in [4.69, 9.17) is 10.5 Å². The van der Waals surface area contributed by atoms with Crippen molar-refractivity contribution in [2.75, 3.05) is 12.8 Å². The van der Waals surface area contributed by atoms with Crippen molar-refractivity contribution in [2.45, 2.75) is 26.2 Å². The Morgan fingerprint density at radius 1 is 1.38 bits per heavy atom. The smallest absolute Gasteiger partial charge is 0.236 e. The van der Waals surface area contributed by atoms with Gasteiger partial charge in [0.15, 0.2) is 0 Å². The molecule has 0 aliphatic rings. The molecule has 0 radical (unpaired) electrons. The summed E-state index contributed by atoms with van der Waals surface area (Å²) < 4.78 is 4.98. The van der Waals surface area contributed by atoms with Crippen LogP contribution in [0.3, 0.4) is 0 Å². The monoisotopic (exact) mass is 180 g/mol. The highest BCUT2D eigenvalue weighted by Crippen LogP contribution is 2.26. The van der Waals surface area contributed by atoms with E-state index < -0.39 is 0 Å². The maximum Gasteiger partial charge on any atom is 0.236 e. The fraction of sp³-hybridized carbons (Fsp3) is 0.500. The van der Waals surface area contributed by atoms with E-state index in [1.165, 1.54) is 0 Å². The van der Waals surface area contributed by atoms with Crippen molar-refractivity contribution in [2.24, 2.45) is 0 Å². The van der Waals surface area contributed by atoms with Crippen molar-refractivity contribution in [3.05, 3.63) is 17.8 Å². The highest BCUT2D eigenvalue weighted by molar-refractivity contribution is 5.50. The minimum Gasteiger partial charge on any atom is -0.480 e. The number of hydrogen-bond donors (Lipinski definition) is 1. The standard InChI is InChI=1S/C10H16N2O/c1-10(2,3)7-5-8(11)9(13-4)12-6-7/h5-6H,11H2,1-4H3. The molecule has 3 nitrogen and oxygen atoms in total. The zero-order valence-corrected chi connectivity index (χ0v) is 8.59. The van der Waals surface area contributed by atoms with Crippen LogP contribution in [0.15, 0.2) is 12.3 Å². The first-order valence-corrected chi connectivity index (χ1v) is 4.25. The van der Waals surface area contributed by atoms with Gasteiger partial charge in [0.05, 0.1) is 12.8 Å². The molecule has 0 saturated carbocycles. The van der Waals surface area contributed by atoms with E-state index in [2.05, 4.69) is 25.8 Å². The van der Waals surface area contributed by atoms with Gasteiger partial charge in [0.25, 0.3) is 0 Å². The Labute approximate surface area is 78.9 Å². The number of methoxy groups -OCH3 is 1. The summed E-state index contributed by atoms with van der Waals surface area (Å²) in [6.45, 7) is 6.36. The fourth-order valence-corrected chi connectivity index (χ4v) is 1.05. The molecule has 1 rings (SSSR count). The second kappa shape index (κ2) is 3.24. The van der Waals surface area contributed by atoms with Crippen LogP contribution in [-0.2, 0) is 5.41 Å². The first kappa shape index (κ1) is 9.84. The van der Waals surface area contributed by atoms with Gasteiger partial charge < -0.3 is 10.5 Å². The number of nitrogens with zero attached hydrogens (tertiary/aromatic N) is 1. The summed E-state index contributed by atoms with van der Waals surface area (Å²) in [6.07, 6.45) is 1.80. The van der Waals surface area contributed by atoms with Gasteiger partial charge >= 0.3 is 0 Å². The predicted octanol–water partition coefficient (Wildman–Crippen LogP) is 1.97. The van der Waals surface area contributed by atoms with Crippen molar-refractivity contribution in [3.63, 3.8) is 0 Å². The minimum absolute atomic E-state index is 0.0768. The van der Waals surface area contributed by atoms with Crippen LogP contribution in [0.5, 0.6) is 5.88 Å². The topological polar surface area (TPSA) is 48.1 Å². The summed E-state index contributed by atoms with van der Waals surface area (Å²) in [4.78, 5) is 4.12. The molecule has 0 saturated heterocycles. The van der Waals surface area contributed by atoms with E-state index in [0.29, 0.717) is 11.6 Å². The lowest BCUT2D eigenvalue weighted by molar-refractivity contribution is 0.399. The normalized spacial score (nSPS) is 11.4. The summed E-state index contributed by atoms with van der Waals surface area (Å²) >= 11 is 0. The van der Waals surface area contributed by atoms with Crippen LogP contribution >= 0.6 is 0 Å². The second-order valence-electron chi connectivity index (χ2n) is 4.07. The van der Waals surface area contributed by atoms with E-state index in [1.807, 2.05) is 6.07 Å². The predicted molar refractivity (Wildman–Crippen MR) is 53.9 cm³/mol. The van der Waals surface area contributed by atoms with Crippen molar-refractivity contribution in [1.29, 1.82) is 0 Å². The zero-order chi connectivity index (χ0) is 10.1. The molecule has 2 N–H and O–H groups in total. The minimum atomic E-state index is 0.0768. The molecule has 72 valence electrons. The zero-order valence-electron chi connectivity index (χ0n) is 8.59. The van der Waals surface area contributed by atoms with Gasteiger partial charge in [-0.3, -0.25) is 0 Å². The number of nitrogen functional groups attached to an aromatic ring is 1. The molecule has 0 fully saturated rings. The molecule has 0 unspecified atom stereocenters. The van der Waals surface area contributed by atoms with Crippen LogP contribution in [0.25, 0.3) is 0 Å². The maximum absolute atomic E-state index is 5.74. The lowest BCUT2D eigenvalue weighted by atomic mass is 9.88. The van der Waals surface area contributed by atoms with Gasteiger partial charge in [-0.05, 0) is 17.0 Å². The first-order valence-electron chi connectivity index (χ1n) is 4.25. The summed E-state index contributed by atoms with van der Waals surface area (Å²) in [5.74, 6) is 0.494. The molecule has 1 heterocycles. The lowest BCUT2D eigenvalue weighted by Gasteiger charge is -2.19. The van der Waals surface area contributed by atoms with E-state index in [0.717, 1.165) is 5.56 Å². The highest BCUT2D eigenvalue weighted by Gasteiger charge is 2.15. The van der Waals surface area contributed by atoms with Gasteiger partial charge in [0, 0.05) is 6.20 Å². The van der Waals surface area contributed by atoms with E-state index in [-0.39, 0.29) is 5.41 Å². The SMILES string of the molecule is COc1ncc(C(C)(C)C)cc1N. The van der Waals surface area contributed by atoms with Crippen LogP contribution in [0.4, 0.5) is 5.69 Å². The largest absolute Gasteiger partial charge is 0.480 e. The molecule has 0 spiro atoms. The number of anilines is 1. The third kappa shape index (κ3) is 2.11. The molecule has 3 heteroatoms. The molecule has 0 aliphatic carbocycles. The Kier molecular flexibility index (Phi) is 2.45. The van der Waals surface area contributed by atoms with Gasteiger partial charge in [-0.25, -0.2) is 4.98 Å². The van der Waals surface area contributed by atoms with Gasteiger partial charge in [0.2, 0.25) is 5.88 Å². The second-order valence-corrected chi connectivity index (χ2v) is 4.07. The first-order chi connectivity index (χ1) is 5.95. The molecule has 1 aromatic rings. The molecule has 0 atom stereocenters. The maximum atomic E-state index is 5.74. The number of nitrogens with two attached hydrogens (primary N) is 1. The Hall–Kier alpha value is -1.25. The molecule has 0 bridgehead atoms. The van der Waals surface area contributed by atoms with E-state index in [9.17, 15) is 0 Å². The number of rotatable bonds is 1. The van der Waals surface area contributed by atoms with Gasteiger partial charge in [0.1, 0.15) is 0 Å². The van der Waals surface area contributed by atoms with Gasteiger partial charge in [-0.1, -0.05) is 20.8 Å². The molecule has 13 heavy (non-hydrogen) atoms. The fourth-order valence-electron chi connectivity index (χ4n) is 1.05. The Balaban J connectivity index is 3.10. The molecular formula is C10H16N2O. The van der Waals surface area contributed by atoms with Crippen molar-refractivity contribution in [3.8, 4) is 5.88 Å². The summed E-state index contributed by atoms with van der Waals surface area (Å²) in [5.41, 5.74) is 7.53. The van der Waals surface area contributed by atoms with Crippen LogP contribution in [0.1, 0.15) is 26.3 Å². The van der Waals surface area contributed by atoms with Crippen LogP contribution in [0, 0.1) is 0 Å². The Bertz CT molecular complexity index is 302. The number of ether oxygens (including phenoxy) is 1. The van der Waals surface area contributed by atoms with Crippen LogP contribution in [0.2, 0.25) is 0 Å². The molecule has 1 aromatic heterocycles. The summed E-state index contributed by atoms with van der Waals surface area (Å²) in [5, 5.41) is 0. The molecule has 0 aromatic carbocycles. The number of pyridine rings is 1. The number of hydrogen-bond acceptors (Lipinski definition) is 3. The van der Waals surface area contributed by atoms with Gasteiger partial charge in [-0.2, -0.15) is 0 Å². The lowest BCUT2D eigenvalue weighted by Crippen LogP contribution is -2.12. The quantitative estimate of drug-likeness (QED) is 0.718. The number of aromatic nitrogens is 1. The van der Waals surface area contributed by atoms with Crippen molar-refractivity contribution >= 4 is 5.69 Å². The Morgan fingerprint density at radius 3 is 2.38 bits per heavy atom. The third-order valence-corrected chi connectivity index (χ3v) is 1.94.